The maximum Gasteiger partial charge on any atom is 0.122 e. The molecule has 0 atom stereocenters. The monoisotopic (exact) mass is 229 g/mol. The van der Waals surface area contributed by atoms with E-state index in [2.05, 4.69) is 42.5 Å². The number of aryl methyl sites for hydroxylation is 3. The molecule has 0 unspecified atom stereocenters. The van der Waals surface area contributed by atoms with Crippen LogP contribution in [0.3, 0.4) is 0 Å². The van der Waals surface area contributed by atoms with Crippen LogP contribution < -0.4 is 5.73 Å². The van der Waals surface area contributed by atoms with Gasteiger partial charge in [0.05, 0.1) is 18.4 Å². The third-order valence-corrected chi connectivity index (χ3v) is 3.38. The molecule has 0 aliphatic rings. The van der Waals surface area contributed by atoms with Crippen LogP contribution in [0.1, 0.15) is 22.5 Å². The lowest BCUT2D eigenvalue weighted by Crippen LogP contribution is -2.05. The van der Waals surface area contributed by atoms with E-state index in [1.54, 1.807) is 0 Å². The molecule has 0 fully saturated rings. The number of nitrogens with two attached hydrogens (primary N) is 1. The minimum absolute atomic E-state index is 0.473. The van der Waals surface area contributed by atoms with Crippen LogP contribution in [0.25, 0.3) is 11.3 Å². The highest BCUT2D eigenvalue weighted by Crippen LogP contribution is 2.26. The first-order valence-corrected chi connectivity index (χ1v) is 5.83. The highest BCUT2D eigenvalue weighted by atomic mass is 15.1. The van der Waals surface area contributed by atoms with Gasteiger partial charge in [-0.1, -0.05) is 6.07 Å². The molecule has 0 saturated heterocycles. The average molecular weight is 229 g/mol. The van der Waals surface area contributed by atoms with E-state index in [1.807, 2.05) is 13.2 Å². The Labute approximate surface area is 102 Å². The zero-order chi connectivity index (χ0) is 12.6. The van der Waals surface area contributed by atoms with Crippen LogP contribution in [0.4, 0.5) is 0 Å². The predicted octanol–water partition coefficient (Wildman–Crippen LogP) is 2.47. The molecule has 0 aliphatic carbocycles. The van der Waals surface area contributed by atoms with Crippen LogP contribution in [0.2, 0.25) is 0 Å². The summed E-state index contributed by atoms with van der Waals surface area (Å²) in [6, 6.07) is 4.45. The molecule has 2 N–H and O–H groups in total. The normalized spacial score (nSPS) is 10.9. The molecular formula is C14H19N3. The van der Waals surface area contributed by atoms with Crippen molar-refractivity contribution in [2.75, 3.05) is 0 Å². The number of imidazole rings is 1. The zero-order valence-electron chi connectivity index (χ0n) is 10.9. The molecule has 0 saturated carbocycles. The van der Waals surface area contributed by atoms with Crippen molar-refractivity contribution in [3.63, 3.8) is 0 Å². The van der Waals surface area contributed by atoms with E-state index in [1.165, 1.54) is 22.3 Å². The van der Waals surface area contributed by atoms with Crippen molar-refractivity contribution in [3.8, 4) is 11.3 Å². The largest absolute Gasteiger partial charge is 0.330 e. The van der Waals surface area contributed by atoms with Gasteiger partial charge in [0.15, 0.2) is 0 Å². The van der Waals surface area contributed by atoms with Crippen molar-refractivity contribution < 1.29 is 0 Å². The smallest absolute Gasteiger partial charge is 0.122 e. The molecular weight excluding hydrogens is 210 g/mol. The molecule has 90 valence electrons. The lowest BCUT2D eigenvalue weighted by Gasteiger charge is -2.11. The molecule has 3 nitrogen and oxygen atoms in total. The molecule has 0 aliphatic heterocycles. The second-order valence-corrected chi connectivity index (χ2v) is 4.57. The quantitative estimate of drug-likeness (QED) is 0.859. The highest BCUT2D eigenvalue weighted by Gasteiger charge is 2.10. The SMILES string of the molecule is Cc1cc(C)c(-c2cnc(CN)n2C)cc1C. The molecule has 3 heteroatoms. The maximum atomic E-state index is 5.65. The lowest BCUT2D eigenvalue weighted by molar-refractivity contribution is 0.798. The first-order chi connectivity index (χ1) is 8.04. The second-order valence-electron chi connectivity index (χ2n) is 4.57. The van der Waals surface area contributed by atoms with Gasteiger partial charge in [-0.3, -0.25) is 0 Å². The van der Waals surface area contributed by atoms with Crippen molar-refractivity contribution in [3.05, 3.63) is 40.8 Å². The molecule has 0 bridgehead atoms. The van der Waals surface area contributed by atoms with Crippen LogP contribution in [0.15, 0.2) is 18.3 Å². The van der Waals surface area contributed by atoms with Crippen LogP contribution in [0, 0.1) is 20.8 Å². The molecule has 1 heterocycles. The minimum Gasteiger partial charge on any atom is -0.330 e. The van der Waals surface area contributed by atoms with E-state index in [9.17, 15) is 0 Å². The Morgan fingerprint density at radius 1 is 1.12 bits per heavy atom. The Balaban J connectivity index is 2.60. The summed E-state index contributed by atoms with van der Waals surface area (Å²) in [7, 11) is 2.01. The van der Waals surface area contributed by atoms with Gasteiger partial charge in [0, 0.05) is 12.6 Å². The zero-order valence-corrected chi connectivity index (χ0v) is 10.9. The maximum absolute atomic E-state index is 5.65. The standard InChI is InChI=1S/C14H19N3/c1-9-5-11(3)12(6-10(9)2)13-8-16-14(7-15)17(13)4/h5-6,8H,7,15H2,1-4H3. The number of aromatic nitrogens is 2. The summed E-state index contributed by atoms with van der Waals surface area (Å²) >= 11 is 0. The fourth-order valence-electron chi connectivity index (χ4n) is 2.12. The Hall–Kier alpha value is -1.61. The summed E-state index contributed by atoms with van der Waals surface area (Å²) in [6.07, 6.45) is 1.90. The van der Waals surface area contributed by atoms with Gasteiger partial charge in [-0.25, -0.2) is 4.98 Å². The van der Waals surface area contributed by atoms with E-state index in [-0.39, 0.29) is 0 Å². The van der Waals surface area contributed by atoms with Gasteiger partial charge in [0.1, 0.15) is 5.82 Å². The van der Waals surface area contributed by atoms with Crippen molar-refractivity contribution >= 4 is 0 Å². The van der Waals surface area contributed by atoms with Crippen molar-refractivity contribution in [1.82, 2.24) is 9.55 Å². The first kappa shape index (κ1) is 11.9. The topological polar surface area (TPSA) is 43.8 Å². The Bertz CT molecular complexity index is 553. The van der Waals surface area contributed by atoms with E-state index < -0.39 is 0 Å². The van der Waals surface area contributed by atoms with Crippen molar-refractivity contribution in [1.29, 1.82) is 0 Å². The van der Waals surface area contributed by atoms with Gasteiger partial charge in [-0.05, 0) is 43.5 Å². The van der Waals surface area contributed by atoms with E-state index in [4.69, 9.17) is 5.73 Å². The van der Waals surface area contributed by atoms with Gasteiger partial charge in [0.2, 0.25) is 0 Å². The average Bonchev–Trinajstić information content (AvgIpc) is 2.65. The number of nitrogens with zero attached hydrogens (tertiary/aromatic N) is 2. The molecule has 0 spiro atoms. The van der Waals surface area contributed by atoms with Gasteiger partial charge in [0.25, 0.3) is 0 Å². The van der Waals surface area contributed by atoms with Crippen LogP contribution in [-0.4, -0.2) is 9.55 Å². The number of hydrogen-bond acceptors (Lipinski definition) is 2. The molecule has 1 aromatic heterocycles. The first-order valence-electron chi connectivity index (χ1n) is 5.83. The van der Waals surface area contributed by atoms with E-state index >= 15 is 0 Å². The third kappa shape index (κ3) is 1.98. The van der Waals surface area contributed by atoms with Crippen LogP contribution in [0.5, 0.6) is 0 Å². The highest BCUT2D eigenvalue weighted by molar-refractivity contribution is 5.65. The van der Waals surface area contributed by atoms with E-state index in [0.717, 1.165) is 11.5 Å². The Kier molecular flexibility index (Phi) is 3.03. The summed E-state index contributed by atoms with van der Waals surface area (Å²) in [5.41, 5.74) is 11.9. The van der Waals surface area contributed by atoms with Crippen molar-refractivity contribution in [2.24, 2.45) is 12.8 Å². The molecule has 0 radical (unpaired) electrons. The van der Waals surface area contributed by atoms with Gasteiger partial charge < -0.3 is 10.3 Å². The molecule has 2 rings (SSSR count). The Morgan fingerprint density at radius 2 is 1.76 bits per heavy atom. The van der Waals surface area contributed by atoms with Gasteiger partial charge >= 0.3 is 0 Å². The summed E-state index contributed by atoms with van der Waals surface area (Å²) in [4.78, 5) is 4.34. The summed E-state index contributed by atoms with van der Waals surface area (Å²) < 4.78 is 2.07. The molecule has 2 aromatic rings. The molecule has 1 aromatic carbocycles. The molecule has 0 amide bonds. The summed E-state index contributed by atoms with van der Waals surface area (Å²) in [5, 5.41) is 0. The molecule has 17 heavy (non-hydrogen) atoms. The fourth-order valence-corrected chi connectivity index (χ4v) is 2.12. The second kappa shape index (κ2) is 4.34. The predicted molar refractivity (Wildman–Crippen MR) is 70.7 cm³/mol. The van der Waals surface area contributed by atoms with Crippen LogP contribution >= 0.6 is 0 Å². The summed E-state index contributed by atoms with van der Waals surface area (Å²) in [5.74, 6) is 0.914. The number of hydrogen-bond donors (Lipinski definition) is 1. The third-order valence-electron chi connectivity index (χ3n) is 3.38. The van der Waals surface area contributed by atoms with Crippen molar-refractivity contribution in [2.45, 2.75) is 27.3 Å². The van der Waals surface area contributed by atoms with E-state index in [0.29, 0.717) is 6.54 Å². The van der Waals surface area contributed by atoms with Crippen LogP contribution in [-0.2, 0) is 13.6 Å². The number of benzene rings is 1. The summed E-state index contributed by atoms with van der Waals surface area (Å²) in [6.45, 7) is 6.89. The lowest BCUT2D eigenvalue weighted by atomic mass is 9.99. The number of rotatable bonds is 2. The van der Waals surface area contributed by atoms with Gasteiger partial charge in [-0.2, -0.15) is 0 Å². The Morgan fingerprint density at radius 3 is 2.35 bits per heavy atom. The van der Waals surface area contributed by atoms with Gasteiger partial charge in [-0.15, -0.1) is 0 Å². The minimum atomic E-state index is 0.473. The fraction of sp³-hybridized carbons (Fsp3) is 0.357.